The normalized spacial score (nSPS) is 15.9. The van der Waals surface area contributed by atoms with E-state index in [4.69, 9.17) is 21.3 Å². The van der Waals surface area contributed by atoms with E-state index in [1.165, 1.54) is 0 Å². The zero-order valence-electron chi connectivity index (χ0n) is 17.9. The van der Waals surface area contributed by atoms with Crippen molar-refractivity contribution in [2.75, 3.05) is 50.8 Å². The van der Waals surface area contributed by atoms with E-state index in [-0.39, 0.29) is 0 Å². The molecule has 0 bridgehead atoms. The van der Waals surface area contributed by atoms with Gasteiger partial charge in [-0.05, 0) is 25.5 Å². The fourth-order valence-electron chi connectivity index (χ4n) is 3.80. The summed E-state index contributed by atoms with van der Waals surface area (Å²) in [5.41, 5.74) is 3.20. The van der Waals surface area contributed by atoms with Crippen molar-refractivity contribution in [3.63, 3.8) is 0 Å². The number of hydrogen-bond donors (Lipinski definition) is 1. The summed E-state index contributed by atoms with van der Waals surface area (Å²) in [5.74, 6) is 1.78. The first-order chi connectivity index (χ1) is 14.5. The van der Waals surface area contributed by atoms with Crippen LogP contribution in [0, 0.1) is 13.8 Å². The smallest absolute Gasteiger partial charge is 0.136 e. The van der Waals surface area contributed by atoms with Crippen molar-refractivity contribution in [1.82, 2.24) is 14.9 Å². The van der Waals surface area contributed by atoms with Crippen LogP contribution in [0.15, 0.2) is 36.9 Å². The number of aromatic nitrogens is 2. The van der Waals surface area contributed by atoms with Gasteiger partial charge < -0.3 is 14.7 Å². The lowest BCUT2D eigenvalue weighted by Crippen LogP contribution is -2.49. The van der Waals surface area contributed by atoms with Gasteiger partial charge in [-0.15, -0.1) is 6.58 Å². The molecule has 0 spiro atoms. The van der Waals surface area contributed by atoms with Gasteiger partial charge in [-0.3, -0.25) is 4.90 Å². The van der Waals surface area contributed by atoms with E-state index in [2.05, 4.69) is 27.4 Å². The van der Waals surface area contributed by atoms with Gasteiger partial charge in [0.1, 0.15) is 11.6 Å². The minimum absolute atomic E-state index is 0.332. The Morgan fingerprint density at radius 1 is 1.20 bits per heavy atom. The van der Waals surface area contributed by atoms with Crippen molar-refractivity contribution in [1.29, 1.82) is 0 Å². The summed E-state index contributed by atoms with van der Waals surface area (Å²) in [7, 11) is 0. The van der Waals surface area contributed by atoms with Crippen LogP contribution in [0.5, 0.6) is 0 Å². The van der Waals surface area contributed by atoms with Crippen LogP contribution in [-0.2, 0) is 11.2 Å². The van der Waals surface area contributed by atoms with Gasteiger partial charge in [0.2, 0.25) is 0 Å². The largest absolute Gasteiger partial charge is 0.389 e. The Hall–Kier alpha value is -1.99. The number of rotatable bonds is 9. The van der Waals surface area contributed by atoms with Gasteiger partial charge in [-0.1, -0.05) is 35.9 Å². The van der Waals surface area contributed by atoms with Crippen LogP contribution in [0.3, 0.4) is 0 Å². The Bertz CT molecular complexity index is 853. The van der Waals surface area contributed by atoms with Crippen LogP contribution in [0.4, 0.5) is 5.82 Å². The number of aryl methyl sites for hydroxylation is 2. The highest BCUT2D eigenvalue weighted by Gasteiger charge is 2.23. The van der Waals surface area contributed by atoms with Crippen molar-refractivity contribution in [2.45, 2.75) is 26.4 Å². The zero-order valence-corrected chi connectivity index (χ0v) is 18.6. The summed E-state index contributed by atoms with van der Waals surface area (Å²) < 4.78 is 5.35. The second-order valence-electron chi connectivity index (χ2n) is 7.69. The number of β-amino-alcohol motifs (C(OH)–C–C–N with tert-alkyl or cyclic N) is 1. The summed E-state index contributed by atoms with van der Waals surface area (Å²) in [6.07, 6.45) is 1.91. The first-order valence-electron chi connectivity index (χ1n) is 10.4. The van der Waals surface area contributed by atoms with Crippen LogP contribution >= 0.6 is 11.6 Å². The molecular weight excluding hydrogens is 400 g/mol. The van der Waals surface area contributed by atoms with Gasteiger partial charge in [-0.25, -0.2) is 9.97 Å². The molecule has 1 N–H and O–H groups in total. The maximum atomic E-state index is 10.2. The van der Waals surface area contributed by atoms with E-state index in [0.29, 0.717) is 26.2 Å². The fourth-order valence-corrected chi connectivity index (χ4v) is 4.00. The lowest BCUT2D eigenvalue weighted by molar-refractivity contribution is 0.0252. The molecule has 1 aliphatic rings. The average molecular weight is 431 g/mol. The molecule has 0 aliphatic carbocycles. The van der Waals surface area contributed by atoms with Crippen molar-refractivity contribution in [3.05, 3.63) is 64.6 Å². The lowest BCUT2D eigenvalue weighted by Gasteiger charge is -2.37. The molecule has 1 aromatic carbocycles. The van der Waals surface area contributed by atoms with Crippen LogP contribution in [0.2, 0.25) is 5.02 Å². The minimum atomic E-state index is -0.490. The molecule has 2 heterocycles. The average Bonchev–Trinajstić information content (AvgIpc) is 2.72. The summed E-state index contributed by atoms with van der Waals surface area (Å²) in [5, 5.41) is 10.9. The molecule has 0 radical (unpaired) electrons. The van der Waals surface area contributed by atoms with E-state index in [1.807, 2.05) is 32.0 Å². The number of benzene rings is 1. The molecule has 0 unspecified atom stereocenters. The minimum Gasteiger partial charge on any atom is -0.389 e. The highest BCUT2D eigenvalue weighted by Crippen LogP contribution is 2.27. The predicted octanol–water partition coefficient (Wildman–Crippen LogP) is 3.02. The Morgan fingerprint density at radius 3 is 2.63 bits per heavy atom. The molecule has 30 heavy (non-hydrogen) atoms. The van der Waals surface area contributed by atoms with E-state index < -0.39 is 6.10 Å². The number of halogens is 1. The van der Waals surface area contributed by atoms with Gasteiger partial charge >= 0.3 is 0 Å². The number of aliphatic hydroxyl groups excluding tert-OH is 1. The third-order valence-electron chi connectivity index (χ3n) is 5.32. The molecular formula is C23H31ClN4O2. The number of nitrogens with zero attached hydrogens (tertiary/aromatic N) is 4. The van der Waals surface area contributed by atoms with Gasteiger partial charge in [0.15, 0.2) is 0 Å². The molecule has 3 rings (SSSR count). The molecule has 2 aromatic rings. The molecule has 162 valence electrons. The number of anilines is 1. The molecule has 1 aromatic heterocycles. The van der Waals surface area contributed by atoms with Gasteiger partial charge in [0.05, 0.1) is 19.3 Å². The Balaban J connectivity index is 1.68. The zero-order chi connectivity index (χ0) is 21.5. The third kappa shape index (κ3) is 6.01. The summed E-state index contributed by atoms with van der Waals surface area (Å²) >= 11 is 6.41. The summed E-state index contributed by atoms with van der Waals surface area (Å²) in [6.45, 7) is 12.4. The molecule has 1 saturated heterocycles. The maximum Gasteiger partial charge on any atom is 0.136 e. The SMILES string of the molecule is C=CCOC[C@@H](O)CN1CCN(c2nc(C)nc(C)c2Cc2ccccc2Cl)CC1. The molecule has 1 fully saturated rings. The van der Waals surface area contributed by atoms with Crippen molar-refractivity contribution in [2.24, 2.45) is 0 Å². The quantitative estimate of drug-likeness (QED) is 0.487. The van der Waals surface area contributed by atoms with Gasteiger partial charge in [-0.2, -0.15) is 0 Å². The second kappa shape index (κ2) is 10.9. The number of hydrogen-bond acceptors (Lipinski definition) is 6. The van der Waals surface area contributed by atoms with E-state index >= 15 is 0 Å². The fraction of sp³-hybridized carbons (Fsp3) is 0.478. The number of aliphatic hydroxyl groups is 1. The standard InChI is InChI=1S/C23H31ClN4O2/c1-4-13-30-16-20(29)15-27-9-11-28(12-10-27)23-21(17(2)25-18(3)26-23)14-19-7-5-6-8-22(19)24/h4-8,20,29H,1,9-16H2,2-3H3/t20-/m0/s1. The van der Waals surface area contributed by atoms with E-state index in [1.54, 1.807) is 6.08 Å². The van der Waals surface area contributed by atoms with Gasteiger partial charge in [0, 0.05) is 55.4 Å². The molecule has 0 amide bonds. The van der Waals surface area contributed by atoms with Crippen LogP contribution < -0.4 is 4.90 Å². The lowest BCUT2D eigenvalue weighted by atomic mass is 10.0. The molecule has 1 atom stereocenters. The van der Waals surface area contributed by atoms with Gasteiger partial charge in [0.25, 0.3) is 0 Å². The molecule has 6 nitrogen and oxygen atoms in total. The van der Waals surface area contributed by atoms with Crippen molar-refractivity contribution < 1.29 is 9.84 Å². The first-order valence-corrected chi connectivity index (χ1v) is 10.8. The molecule has 0 saturated carbocycles. The highest BCUT2D eigenvalue weighted by atomic mass is 35.5. The second-order valence-corrected chi connectivity index (χ2v) is 8.10. The Kier molecular flexibility index (Phi) is 8.22. The topological polar surface area (TPSA) is 61.7 Å². The number of piperazine rings is 1. The van der Waals surface area contributed by atoms with E-state index in [0.717, 1.165) is 59.7 Å². The monoisotopic (exact) mass is 430 g/mol. The van der Waals surface area contributed by atoms with E-state index in [9.17, 15) is 5.11 Å². The molecule has 7 heteroatoms. The Morgan fingerprint density at radius 2 is 1.93 bits per heavy atom. The van der Waals surface area contributed by atoms with Crippen molar-refractivity contribution in [3.8, 4) is 0 Å². The number of ether oxygens (including phenoxy) is 1. The highest BCUT2D eigenvalue weighted by molar-refractivity contribution is 6.31. The van der Waals surface area contributed by atoms with Crippen molar-refractivity contribution >= 4 is 17.4 Å². The summed E-state index contributed by atoms with van der Waals surface area (Å²) in [4.78, 5) is 14.0. The molecule has 1 aliphatic heterocycles. The summed E-state index contributed by atoms with van der Waals surface area (Å²) in [6, 6.07) is 7.93. The van der Waals surface area contributed by atoms with Crippen LogP contribution in [-0.4, -0.2) is 72.0 Å². The predicted molar refractivity (Wildman–Crippen MR) is 121 cm³/mol. The first kappa shape index (κ1) is 22.7. The van der Waals surface area contributed by atoms with Crippen LogP contribution in [0.1, 0.15) is 22.6 Å². The Labute approximate surface area is 184 Å². The van der Waals surface area contributed by atoms with Crippen LogP contribution in [0.25, 0.3) is 0 Å². The third-order valence-corrected chi connectivity index (χ3v) is 5.68. The maximum absolute atomic E-state index is 10.2.